The average molecular weight is 310 g/mol. The second-order valence-electron chi connectivity index (χ2n) is 5.12. The van der Waals surface area contributed by atoms with Crippen LogP contribution in [0.5, 0.6) is 5.75 Å². The van der Waals surface area contributed by atoms with Crippen molar-refractivity contribution in [2.75, 3.05) is 11.9 Å². The zero-order valence-electron chi connectivity index (χ0n) is 12.5. The molecule has 0 radical (unpaired) electrons. The maximum atomic E-state index is 13.1. The van der Waals surface area contributed by atoms with Gasteiger partial charge in [0.1, 0.15) is 11.6 Å². The molecule has 1 heterocycles. The molecule has 23 heavy (non-hydrogen) atoms. The molecule has 1 N–H and O–H groups in total. The standard InChI is InChI=1S/C18H15FN2O2/c1-12-8-9-13-4-2-7-16(18(13)20-12)21-17(22)11-23-15-6-3-5-14(19)10-15/h2-10H,11H2,1H3,(H,21,22). The lowest BCUT2D eigenvalue weighted by Gasteiger charge is -2.10. The highest BCUT2D eigenvalue weighted by Gasteiger charge is 2.08. The largest absolute Gasteiger partial charge is 0.484 e. The lowest BCUT2D eigenvalue weighted by atomic mass is 10.1. The van der Waals surface area contributed by atoms with Crippen LogP contribution in [0.2, 0.25) is 0 Å². The van der Waals surface area contributed by atoms with Crippen LogP contribution in [0.3, 0.4) is 0 Å². The van der Waals surface area contributed by atoms with E-state index in [-0.39, 0.29) is 12.5 Å². The first-order valence-electron chi connectivity index (χ1n) is 7.16. The number of pyridine rings is 1. The molecule has 3 aromatic rings. The van der Waals surface area contributed by atoms with Crippen LogP contribution in [0.25, 0.3) is 10.9 Å². The number of carbonyl (C=O) groups excluding carboxylic acids is 1. The summed E-state index contributed by atoms with van der Waals surface area (Å²) in [6.45, 7) is 1.69. The Balaban J connectivity index is 1.72. The summed E-state index contributed by atoms with van der Waals surface area (Å²) in [5.41, 5.74) is 2.22. The summed E-state index contributed by atoms with van der Waals surface area (Å²) in [5, 5.41) is 3.72. The highest BCUT2D eigenvalue weighted by atomic mass is 19.1. The van der Waals surface area contributed by atoms with E-state index < -0.39 is 5.82 Å². The number of halogens is 1. The van der Waals surface area contributed by atoms with Gasteiger partial charge in [-0.05, 0) is 31.2 Å². The lowest BCUT2D eigenvalue weighted by molar-refractivity contribution is -0.118. The monoisotopic (exact) mass is 310 g/mol. The summed E-state index contributed by atoms with van der Waals surface area (Å²) in [6.07, 6.45) is 0. The molecule has 1 aromatic heterocycles. The summed E-state index contributed by atoms with van der Waals surface area (Å²) >= 11 is 0. The number of fused-ring (bicyclic) bond motifs is 1. The number of aryl methyl sites for hydroxylation is 1. The summed E-state index contributed by atoms with van der Waals surface area (Å²) < 4.78 is 18.3. The minimum absolute atomic E-state index is 0.203. The zero-order valence-corrected chi connectivity index (χ0v) is 12.5. The van der Waals surface area contributed by atoms with Crippen molar-refractivity contribution in [1.29, 1.82) is 0 Å². The van der Waals surface area contributed by atoms with E-state index in [1.165, 1.54) is 18.2 Å². The Morgan fingerprint density at radius 2 is 2.00 bits per heavy atom. The van der Waals surface area contributed by atoms with Gasteiger partial charge in [-0.1, -0.05) is 24.3 Å². The number of para-hydroxylation sites is 1. The summed E-state index contributed by atoms with van der Waals surface area (Å²) in [7, 11) is 0. The van der Waals surface area contributed by atoms with Gasteiger partial charge in [0, 0.05) is 17.1 Å². The van der Waals surface area contributed by atoms with Crippen molar-refractivity contribution in [3.63, 3.8) is 0 Å². The highest BCUT2D eigenvalue weighted by Crippen LogP contribution is 2.21. The molecule has 0 unspecified atom stereocenters. The van der Waals surface area contributed by atoms with E-state index >= 15 is 0 Å². The van der Waals surface area contributed by atoms with Crippen molar-refractivity contribution in [1.82, 2.24) is 4.98 Å². The van der Waals surface area contributed by atoms with E-state index in [9.17, 15) is 9.18 Å². The molecule has 4 nitrogen and oxygen atoms in total. The third-order valence-corrected chi connectivity index (χ3v) is 3.30. The summed E-state index contributed by atoms with van der Waals surface area (Å²) in [6, 6.07) is 15.1. The van der Waals surface area contributed by atoms with Crippen molar-refractivity contribution in [3.05, 3.63) is 66.1 Å². The van der Waals surface area contributed by atoms with Gasteiger partial charge in [0.05, 0.1) is 11.2 Å². The van der Waals surface area contributed by atoms with Gasteiger partial charge < -0.3 is 10.1 Å². The van der Waals surface area contributed by atoms with Crippen LogP contribution < -0.4 is 10.1 Å². The molecular formula is C18H15FN2O2. The second-order valence-corrected chi connectivity index (χ2v) is 5.12. The average Bonchev–Trinajstić information content (AvgIpc) is 2.54. The van der Waals surface area contributed by atoms with Crippen molar-refractivity contribution >= 4 is 22.5 Å². The summed E-state index contributed by atoms with van der Waals surface area (Å²) in [5.74, 6) is -0.422. The molecule has 0 spiro atoms. The van der Waals surface area contributed by atoms with Crippen molar-refractivity contribution in [2.24, 2.45) is 0 Å². The predicted molar refractivity (Wildman–Crippen MR) is 87.0 cm³/mol. The number of carbonyl (C=O) groups is 1. The van der Waals surface area contributed by atoms with Gasteiger partial charge in [-0.3, -0.25) is 9.78 Å². The number of amides is 1. The number of nitrogens with zero attached hydrogens (tertiary/aromatic N) is 1. The zero-order chi connectivity index (χ0) is 16.2. The van der Waals surface area contributed by atoms with Crippen molar-refractivity contribution < 1.29 is 13.9 Å². The van der Waals surface area contributed by atoms with Crippen LogP contribution in [0.1, 0.15) is 5.69 Å². The topological polar surface area (TPSA) is 51.2 Å². The Hall–Kier alpha value is -2.95. The van der Waals surface area contributed by atoms with E-state index in [1.807, 2.05) is 31.2 Å². The number of ether oxygens (including phenoxy) is 1. The molecular weight excluding hydrogens is 295 g/mol. The lowest BCUT2D eigenvalue weighted by Crippen LogP contribution is -2.20. The number of benzene rings is 2. The number of aromatic nitrogens is 1. The van der Waals surface area contributed by atoms with Crippen molar-refractivity contribution in [3.8, 4) is 5.75 Å². The van der Waals surface area contributed by atoms with E-state index in [0.717, 1.165) is 16.6 Å². The second kappa shape index (κ2) is 6.44. The molecule has 0 fully saturated rings. The van der Waals surface area contributed by atoms with E-state index in [2.05, 4.69) is 10.3 Å². The molecule has 0 atom stereocenters. The fourth-order valence-electron chi connectivity index (χ4n) is 2.24. The van der Waals surface area contributed by atoms with E-state index in [1.54, 1.807) is 12.1 Å². The first-order valence-corrected chi connectivity index (χ1v) is 7.16. The van der Waals surface area contributed by atoms with Crippen LogP contribution in [-0.4, -0.2) is 17.5 Å². The molecule has 0 saturated carbocycles. The molecule has 2 aromatic carbocycles. The quantitative estimate of drug-likeness (QED) is 0.799. The number of rotatable bonds is 4. The minimum atomic E-state index is -0.406. The van der Waals surface area contributed by atoms with Gasteiger partial charge in [-0.2, -0.15) is 0 Å². The predicted octanol–water partition coefficient (Wildman–Crippen LogP) is 3.70. The normalized spacial score (nSPS) is 10.5. The van der Waals surface area contributed by atoms with Gasteiger partial charge >= 0.3 is 0 Å². The molecule has 0 saturated heterocycles. The van der Waals surface area contributed by atoms with Gasteiger partial charge in [0.2, 0.25) is 0 Å². The smallest absolute Gasteiger partial charge is 0.262 e. The number of hydrogen-bond acceptors (Lipinski definition) is 3. The Morgan fingerprint density at radius 3 is 2.83 bits per heavy atom. The molecule has 0 bridgehead atoms. The molecule has 3 rings (SSSR count). The number of nitrogens with one attached hydrogen (secondary N) is 1. The molecule has 0 aliphatic rings. The third kappa shape index (κ3) is 3.63. The van der Waals surface area contributed by atoms with Gasteiger partial charge in [-0.15, -0.1) is 0 Å². The fraction of sp³-hybridized carbons (Fsp3) is 0.111. The van der Waals surface area contributed by atoms with Crippen LogP contribution in [0, 0.1) is 12.7 Å². The first-order chi connectivity index (χ1) is 11.1. The van der Waals surface area contributed by atoms with Crippen molar-refractivity contribution in [2.45, 2.75) is 6.92 Å². The molecule has 0 aliphatic carbocycles. The Bertz CT molecular complexity index is 865. The van der Waals surface area contributed by atoms with Crippen LogP contribution in [0.4, 0.5) is 10.1 Å². The molecule has 116 valence electrons. The van der Waals surface area contributed by atoms with E-state index in [4.69, 9.17) is 4.74 Å². The molecule has 0 aliphatic heterocycles. The highest BCUT2D eigenvalue weighted by molar-refractivity contribution is 6.00. The number of anilines is 1. The number of hydrogen-bond donors (Lipinski definition) is 1. The minimum Gasteiger partial charge on any atom is -0.484 e. The van der Waals surface area contributed by atoms with Gasteiger partial charge in [-0.25, -0.2) is 4.39 Å². The fourth-order valence-corrected chi connectivity index (χ4v) is 2.24. The molecule has 1 amide bonds. The van der Waals surface area contributed by atoms with Crippen LogP contribution >= 0.6 is 0 Å². The maximum Gasteiger partial charge on any atom is 0.262 e. The van der Waals surface area contributed by atoms with Crippen LogP contribution in [-0.2, 0) is 4.79 Å². The first kappa shape index (κ1) is 15.0. The third-order valence-electron chi connectivity index (χ3n) is 3.30. The Kier molecular flexibility index (Phi) is 4.19. The molecule has 5 heteroatoms. The summed E-state index contributed by atoms with van der Waals surface area (Å²) in [4.78, 5) is 16.5. The van der Waals surface area contributed by atoms with Gasteiger partial charge in [0.25, 0.3) is 5.91 Å². The van der Waals surface area contributed by atoms with Crippen LogP contribution in [0.15, 0.2) is 54.6 Å². The SMILES string of the molecule is Cc1ccc2cccc(NC(=O)COc3cccc(F)c3)c2n1. The maximum absolute atomic E-state index is 13.1. The van der Waals surface area contributed by atoms with E-state index in [0.29, 0.717) is 11.4 Å². The Morgan fingerprint density at radius 1 is 1.17 bits per heavy atom. The van der Waals surface area contributed by atoms with Gasteiger partial charge in [0.15, 0.2) is 6.61 Å². The Labute approximate surface area is 132 Å².